The van der Waals surface area contributed by atoms with Crippen LogP contribution in [0.25, 0.3) is 6.08 Å². The Morgan fingerprint density at radius 3 is 2.50 bits per heavy atom. The van der Waals surface area contributed by atoms with Gasteiger partial charge in [-0.05, 0) is 41.5 Å². The molecule has 3 aromatic carbocycles. The lowest BCUT2D eigenvalue weighted by Gasteiger charge is -2.07. The van der Waals surface area contributed by atoms with Crippen molar-refractivity contribution in [3.05, 3.63) is 99.7 Å². The highest BCUT2D eigenvalue weighted by Crippen LogP contribution is 2.35. The monoisotopic (exact) mass is 406 g/mol. The van der Waals surface area contributed by atoms with Crippen molar-refractivity contribution < 1.29 is 14.3 Å². The lowest BCUT2D eigenvalue weighted by atomic mass is 10.1. The number of ether oxygens (including phenoxy) is 2. The summed E-state index contributed by atoms with van der Waals surface area (Å²) in [5.41, 5.74) is 2.55. The summed E-state index contributed by atoms with van der Waals surface area (Å²) in [6, 6.07) is 22.9. The second-order valence-corrected chi connectivity index (χ2v) is 6.84. The number of ketones is 1. The third kappa shape index (κ3) is 3.55. The number of hydrogen-bond donors (Lipinski definition) is 0. The number of halogens is 1. The van der Waals surface area contributed by atoms with Gasteiger partial charge in [-0.3, -0.25) is 4.79 Å². The molecule has 1 heterocycles. The quantitative estimate of drug-likeness (QED) is 0.525. The zero-order valence-electron chi connectivity index (χ0n) is 13.8. The summed E-state index contributed by atoms with van der Waals surface area (Å²) in [5, 5.41) is 0. The molecule has 128 valence electrons. The number of Topliss-reactive ketones (excluding diaryl/α,β-unsaturated/α-hetero) is 1. The van der Waals surface area contributed by atoms with Gasteiger partial charge in [-0.15, -0.1) is 0 Å². The average Bonchev–Trinajstić information content (AvgIpc) is 2.97. The molecular weight excluding hydrogens is 392 g/mol. The smallest absolute Gasteiger partial charge is 0.231 e. The second kappa shape index (κ2) is 7.18. The van der Waals surface area contributed by atoms with E-state index in [1.54, 1.807) is 24.3 Å². The van der Waals surface area contributed by atoms with E-state index in [0.717, 1.165) is 15.6 Å². The van der Waals surface area contributed by atoms with Crippen LogP contribution < -0.4 is 9.47 Å². The van der Waals surface area contributed by atoms with Gasteiger partial charge in [-0.25, -0.2) is 0 Å². The van der Waals surface area contributed by atoms with Crippen LogP contribution in [0.4, 0.5) is 0 Å². The average molecular weight is 407 g/mol. The lowest BCUT2D eigenvalue weighted by molar-refractivity contribution is 0.101. The molecule has 0 amide bonds. The number of carbonyl (C=O) groups excluding carboxylic acids is 1. The van der Waals surface area contributed by atoms with Gasteiger partial charge in [-0.1, -0.05) is 58.4 Å². The van der Waals surface area contributed by atoms with E-state index in [4.69, 9.17) is 9.47 Å². The Morgan fingerprint density at radius 1 is 0.962 bits per heavy atom. The van der Waals surface area contributed by atoms with Gasteiger partial charge in [0.2, 0.25) is 5.78 Å². The first-order chi connectivity index (χ1) is 12.7. The van der Waals surface area contributed by atoms with Crippen LogP contribution in [0, 0.1) is 0 Å². The van der Waals surface area contributed by atoms with Crippen molar-refractivity contribution in [3.63, 3.8) is 0 Å². The molecule has 0 fully saturated rings. The molecule has 0 atom stereocenters. The Balaban J connectivity index is 1.50. The number of rotatable bonds is 4. The van der Waals surface area contributed by atoms with Crippen molar-refractivity contribution in [2.75, 3.05) is 0 Å². The molecule has 4 rings (SSSR count). The molecule has 0 bridgehead atoms. The van der Waals surface area contributed by atoms with Gasteiger partial charge < -0.3 is 9.47 Å². The largest absolute Gasteiger partial charge is 0.489 e. The summed E-state index contributed by atoms with van der Waals surface area (Å²) in [7, 11) is 0. The topological polar surface area (TPSA) is 35.5 Å². The van der Waals surface area contributed by atoms with Gasteiger partial charge in [0.05, 0.1) is 5.56 Å². The number of benzene rings is 3. The first-order valence-electron chi connectivity index (χ1n) is 8.20. The van der Waals surface area contributed by atoms with E-state index in [-0.39, 0.29) is 5.78 Å². The minimum absolute atomic E-state index is 0.108. The maximum atomic E-state index is 12.5. The van der Waals surface area contributed by atoms with Gasteiger partial charge in [-0.2, -0.15) is 0 Å². The Labute approximate surface area is 160 Å². The molecule has 0 saturated carbocycles. The second-order valence-electron chi connectivity index (χ2n) is 5.92. The van der Waals surface area contributed by atoms with E-state index < -0.39 is 0 Å². The fourth-order valence-corrected chi connectivity index (χ4v) is 2.97. The van der Waals surface area contributed by atoms with Gasteiger partial charge in [0, 0.05) is 10.5 Å². The molecule has 0 spiro atoms. The van der Waals surface area contributed by atoms with Crippen LogP contribution >= 0.6 is 15.9 Å². The third-order valence-electron chi connectivity index (χ3n) is 4.06. The first kappa shape index (κ1) is 16.6. The van der Waals surface area contributed by atoms with E-state index >= 15 is 0 Å². The molecular formula is C22H15BrO3. The highest BCUT2D eigenvalue weighted by molar-refractivity contribution is 9.10. The predicted molar refractivity (Wildman–Crippen MR) is 104 cm³/mol. The molecule has 0 radical (unpaired) electrons. The van der Waals surface area contributed by atoms with Crippen LogP contribution in [0.5, 0.6) is 11.5 Å². The summed E-state index contributed by atoms with van der Waals surface area (Å²) < 4.78 is 12.6. The van der Waals surface area contributed by atoms with Crippen LogP contribution in [-0.2, 0) is 6.61 Å². The summed E-state index contributed by atoms with van der Waals surface area (Å²) in [6.45, 7) is 0.451. The standard InChI is InChI=1S/C22H15BrO3/c23-17-8-6-16(7-9-17)14-25-18-10-11-19-20(13-18)26-21(22(19)24)12-15-4-2-1-3-5-15/h1-13H,14H2. The molecule has 1 aliphatic heterocycles. The van der Waals surface area contributed by atoms with E-state index in [9.17, 15) is 4.79 Å². The fraction of sp³-hybridized carbons (Fsp3) is 0.0455. The van der Waals surface area contributed by atoms with Crippen molar-refractivity contribution in [1.29, 1.82) is 0 Å². The molecule has 0 saturated heterocycles. The van der Waals surface area contributed by atoms with E-state index in [2.05, 4.69) is 15.9 Å². The zero-order valence-corrected chi connectivity index (χ0v) is 15.4. The van der Waals surface area contributed by atoms with Crippen molar-refractivity contribution in [3.8, 4) is 11.5 Å². The normalized spacial score (nSPS) is 14.2. The predicted octanol–water partition coefficient (Wildman–Crippen LogP) is 5.64. The van der Waals surface area contributed by atoms with Crippen molar-refractivity contribution in [2.24, 2.45) is 0 Å². The number of fused-ring (bicyclic) bond motifs is 1. The van der Waals surface area contributed by atoms with Crippen LogP contribution in [0.2, 0.25) is 0 Å². The molecule has 0 aromatic heterocycles. The van der Waals surface area contributed by atoms with Gasteiger partial charge >= 0.3 is 0 Å². The third-order valence-corrected chi connectivity index (χ3v) is 4.59. The Kier molecular flexibility index (Phi) is 4.59. The molecule has 0 unspecified atom stereocenters. The fourth-order valence-electron chi connectivity index (χ4n) is 2.70. The van der Waals surface area contributed by atoms with Gasteiger partial charge in [0.15, 0.2) is 5.76 Å². The summed E-state index contributed by atoms with van der Waals surface area (Å²) in [6.07, 6.45) is 1.75. The molecule has 0 aliphatic carbocycles. The summed E-state index contributed by atoms with van der Waals surface area (Å²) in [4.78, 5) is 12.5. The number of carbonyl (C=O) groups is 1. The highest BCUT2D eigenvalue weighted by atomic mass is 79.9. The van der Waals surface area contributed by atoms with E-state index in [0.29, 0.717) is 29.4 Å². The lowest BCUT2D eigenvalue weighted by Crippen LogP contribution is -1.97. The maximum absolute atomic E-state index is 12.5. The van der Waals surface area contributed by atoms with Gasteiger partial charge in [0.1, 0.15) is 18.1 Å². The molecule has 4 heteroatoms. The summed E-state index contributed by atoms with van der Waals surface area (Å²) >= 11 is 3.42. The van der Waals surface area contributed by atoms with Crippen molar-refractivity contribution >= 4 is 27.8 Å². The number of hydrogen-bond acceptors (Lipinski definition) is 3. The summed E-state index contributed by atoms with van der Waals surface area (Å²) in [5.74, 6) is 1.42. The van der Waals surface area contributed by atoms with Crippen LogP contribution in [0.15, 0.2) is 83.0 Å². The van der Waals surface area contributed by atoms with Gasteiger partial charge in [0.25, 0.3) is 0 Å². The van der Waals surface area contributed by atoms with Crippen molar-refractivity contribution in [2.45, 2.75) is 6.61 Å². The molecule has 0 N–H and O–H groups in total. The molecule has 3 aromatic rings. The van der Waals surface area contributed by atoms with E-state index in [1.165, 1.54) is 0 Å². The first-order valence-corrected chi connectivity index (χ1v) is 8.99. The minimum Gasteiger partial charge on any atom is -0.489 e. The Hall–Kier alpha value is -2.85. The number of allylic oxidation sites excluding steroid dienone is 1. The van der Waals surface area contributed by atoms with E-state index in [1.807, 2.05) is 54.6 Å². The maximum Gasteiger partial charge on any atom is 0.231 e. The Morgan fingerprint density at radius 2 is 1.73 bits per heavy atom. The molecule has 1 aliphatic rings. The molecule has 26 heavy (non-hydrogen) atoms. The highest BCUT2D eigenvalue weighted by Gasteiger charge is 2.27. The van der Waals surface area contributed by atoms with Crippen LogP contribution in [-0.4, -0.2) is 5.78 Å². The molecule has 3 nitrogen and oxygen atoms in total. The van der Waals surface area contributed by atoms with Crippen molar-refractivity contribution in [1.82, 2.24) is 0 Å². The SMILES string of the molecule is O=C1C(=Cc2ccccc2)Oc2cc(OCc3ccc(Br)cc3)ccc21. The zero-order chi connectivity index (χ0) is 17.9. The van der Waals surface area contributed by atoms with Crippen LogP contribution in [0.3, 0.4) is 0 Å². The minimum atomic E-state index is -0.108. The van der Waals surface area contributed by atoms with Crippen LogP contribution in [0.1, 0.15) is 21.5 Å². The Bertz CT molecular complexity index is 976.